The zero-order valence-corrected chi connectivity index (χ0v) is 11.5. The summed E-state index contributed by atoms with van der Waals surface area (Å²) in [6, 6.07) is 9.68. The van der Waals surface area contributed by atoms with Crippen LogP contribution >= 0.6 is 0 Å². The monoisotopic (exact) mass is 243 g/mol. The quantitative estimate of drug-likeness (QED) is 0.831. The molecule has 0 aliphatic heterocycles. The minimum absolute atomic E-state index is 0.686. The summed E-state index contributed by atoms with van der Waals surface area (Å²) in [5.74, 6) is 0. The lowest BCUT2D eigenvalue weighted by Crippen LogP contribution is -2.38. The van der Waals surface area contributed by atoms with Gasteiger partial charge in [-0.2, -0.15) is 0 Å². The Morgan fingerprint density at radius 3 is 2.72 bits per heavy atom. The standard InChI is InChI=1S/C17H25N/c1-2-9-17(10-11-17)13-18-16-8-7-14-5-3-4-6-15(14)12-16/h3-6,16,18H,2,7-13H2,1H3. The van der Waals surface area contributed by atoms with Crippen molar-refractivity contribution in [3.8, 4) is 0 Å². The fourth-order valence-electron chi connectivity index (χ4n) is 3.46. The first-order valence-corrected chi connectivity index (χ1v) is 7.61. The van der Waals surface area contributed by atoms with E-state index in [1.165, 1.54) is 51.5 Å². The molecule has 1 aromatic rings. The second-order valence-corrected chi connectivity index (χ2v) is 6.34. The summed E-state index contributed by atoms with van der Waals surface area (Å²) in [6.07, 6.45) is 9.49. The molecule has 0 spiro atoms. The molecule has 1 aromatic carbocycles. The lowest BCUT2D eigenvalue weighted by Gasteiger charge is -2.27. The van der Waals surface area contributed by atoms with Crippen molar-refractivity contribution >= 4 is 0 Å². The van der Waals surface area contributed by atoms with E-state index < -0.39 is 0 Å². The van der Waals surface area contributed by atoms with Gasteiger partial charge in [-0.15, -0.1) is 0 Å². The molecule has 1 nitrogen and oxygen atoms in total. The highest BCUT2D eigenvalue weighted by Gasteiger charge is 2.41. The Morgan fingerprint density at radius 1 is 1.22 bits per heavy atom. The predicted octanol–water partition coefficient (Wildman–Crippen LogP) is 3.71. The topological polar surface area (TPSA) is 12.0 Å². The highest BCUT2D eigenvalue weighted by atomic mass is 14.9. The van der Waals surface area contributed by atoms with Crippen LogP contribution in [0.4, 0.5) is 0 Å². The molecule has 2 aliphatic rings. The second kappa shape index (κ2) is 5.05. The fraction of sp³-hybridized carbons (Fsp3) is 0.647. The molecule has 3 rings (SSSR count). The van der Waals surface area contributed by atoms with Crippen LogP contribution in [0.5, 0.6) is 0 Å². The second-order valence-electron chi connectivity index (χ2n) is 6.34. The van der Waals surface area contributed by atoms with Gasteiger partial charge in [-0.1, -0.05) is 37.6 Å². The van der Waals surface area contributed by atoms with Crippen LogP contribution in [-0.4, -0.2) is 12.6 Å². The molecule has 1 saturated carbocycles. The molecule has 1 atom stereocenters. The van der Waals surface area contributed by atoms with E-state index >= 15 is 0 Å². The first-order chi connectivity index (χ1) is 8.81. The van der Waals surface area contributed by atoms with Crippen LogP contribution in [0.15, 0.2) is 24.3 Å². The van der Waals surface area contributed by atoms with E-state index in [0.717, 1.165) is 0 Å². The van der Waals surface area contributed by atoms with Crippen molar-refractivity contribution < 1.29 is 0 Å². The minimum Gasteiger partial charge on any atom is -0.313 e. The number of aryl methyl sites for hydroxylation is 1. The summed E-state index contributed by atoms with van der Waals surface area (Å²) in [4.78, 5) is 0. The fourth-order valence-corrected chi connectivity index (χ4v) is 3.46. The minimum atomic E-state index is 0.686. The maximum atomic E-state index is 3.85. The molecule has 0 heterocycles. The molecule has 18 heavy (non-hydrogen) atoms. The number of nitrogens with one attached hydrogen (secondary N) is 1. The van der Waals surface area contributed by atoms with E-state index in [0.29, 0.717) is 11.5 Å². The summed E-state index contributed by atoms with van der Waals surface area (Å²) in [6.45, 7) is 3.57. The van der Waals surface area contributed by atoms with E-state index in [1.54, 1.807) is 11.1 Å². The van der Waals surface area contributed by atoms with Crippen LogP contribution in [0.1, 0.15) is 50.2 Å². The molecule has 1 fully saturated rings. The van der Waals surface area contributed by atoms with Crippen LogP contribution in [0.25, 0.3) is 0 Å². The first-order valence-electron chi connectivity index (χ1n) is 7.61. The molecule has 0 radical (unpaired) electrons. The summed E-state index contributed by atoms with van der Waals surface area (Å²) >= 11 is 0. The Kier molecular flexibility index (Phi) is 3.43. The van der Waals surface area contributed by atoms with Crippen LogP contribution in [0, 0.1) is 5.41 Å². The molecule has 0 amide bonds. The summed E-state index contributed by atoms with van der Waals surface area (Å²) in [5.41, 5.74) is 3.83. The van der Waals surface area contributed by atoms with Gasteiger partial charge in [0, 0.05) is 12.6 Å². The van der Waals surface area contributed by atoms with Gasteiger partial charge in [0.05, 0.1) is 0 Å². The van der Waals surface area contributed by atoms with Crippen LogP contribution in [-0.2, 0) is 12.8 Å². The van der Waals surface area contributed by atoms with Gasteiger partial charge in [0.1, 0.15) is 0 Å². The molecule has 98 valence electrons. The van der Waals surface area contributed by atoms with Crippen molar-refractivity contribution in [2.45, 2.75) is 57.9 Å². The van der Waals surface area contributed by atoms with Gasteiger partial charge < -0.3 is 5.32 Å². The summed E-state index contributed by atoms with van der Waals surface area (Å²) in [7, 11) is 0. The highest BCUT2D eigenvalue weighted by Crippen LogP contribution is 2.49. The molecule has 0 saturated heterocycles. The smallest absolute Gasteiger partial charge is 0.0111 e. The molecule has 2 aliphatic carbocycles. The van der Waals surface area contributed by atoms with Crippen molar-refractivity contribution in [2.75, 3.05) is 6.54 Å². The van der Waals surface area contributed by atoms with E-state index in [-0.39, 0.29) is 0 Å². The van der Waals surface area contributed by atoms with Gasteiger partial charge >= 0.3 is 0 Å². The summed E-state index contributed by atoms with van der Waals surface area (Å²) in [5, 5.41) is 3.85. The zero-order chi connectivity index (χ0) is 12.4. The Bertz CT molecular complexity index is 406. The van der Waals surface area contributed by atoms with Gasteiger partial charge in [0.2, 0.25) is 0 Å². The maximum Gasteiger partial charge on any atom is 0.0111 e. The predicted molar refractivity (Wildman–Crippen MR) is 76.8 cm³/mol. The largest absolute Gasteiger partial charge is 0.313 e. The number of rotatable bonds is 5. The molecule has 0 aromatic heterocycles. The van der Waals surface area contributed by atoms with Gasteiger partial charge in [0.25, 0.3) is 0 Å². The van der Waals surface area contributed by atoms with E-state index in [1.807, 2.05) is 0 Å². The molecule has 1 unspecified atom stereocenters. The average molecular weight is 243 g/mol. The van der Waals surface area contributed by atoms with Crippen molar-refractivity contribution in [1.82, 2.24) is 5.32 Å². The third kappa shape index (κ3) is 2.61. The molecule has 1 heteroatoms. The highest BCUT2D eigenvalue weighted by molar-refractivity contribution is 5.30. The zero-order valence-electron chi connectivity index (χ0n) is 11.5. The number of hydrogen-bond donors (Lipinski definition) is 1. The Morgan fingerprint density at radius 2 is 2.00 bits per heavy atom. The molecule has 0 bridgehead atoms. The van der Waals surface area contributed by atoms with Gasteiger partial charge in [-0.05, 0) is 55.1 Å². The van der Waals surface area contributed by atoms with Crippen molar-refractivity contribution in [2.24, 2.45) is 5.41 Å². The van der Waals surface area contributed by atoms with E-state index in [4.69, 9.17) is 0 Å². The SMILES string of the molecule is CCCC1(CNC2CCc3ccccc3C2)CC1. The Balaban J connectivity index is 1.54. The van der Waals surface area contributed by atoms with Crippen molar-refractivity contribution in [1.29, 1.82) is 0 Å². The van der Waals surface area contributed by atoms with Crippen molar-refractivity contribution in [3.05, 3.63) is 35.4 Å². The van der Waals surface area contributed by atoms with Gasteiger partial charge in [-0.3, -0.25) is 0 Å². The Labute approximate surface area is 111 Å². The lowest BCUT2D eigenvalue weighted by atomic mass is 9.88. The van der Waals surface area contributed by atoms with E-state index in [9.17, 15) is 0 Å². The lowest BCUT2D eigenvalue weighted by molar-refractivity contribution is 0.366. The number of benzene rings is 1. The molecular weight excluding hydrogens is 218 g/mol. The van der Waals surface area contributed by atoms with Crippen LogP contribution < -0.4 is 5.32 Å². The first kappa shape index (κ1) is 12.2. The third-order valence-electron chi connectivity index (χ3n) is 4.85. The third-order valence-corrected chi connectivity index (χ3v) is 4.85. The average Bonchev–Trinajstić information content (AvgIpc) is 3.17. The van der Waals surface area contributed by atoms with Crippen molar-refractivity contribution in [3.63, 3.8) is 0 Å². The maximum absolute atomic E-state index is 3.85. The van der Waals surface area contributed by atoms with Crippen LogP contribution in [0.3, 0.4) is 0 Å². The number of hydrogen-bond acceptors (Lipinski definition) is 1. The normalized spacial score (nSPS) is 24.6. The van der Waals surface area contributed by atoms with Gasteiger partial charge in [-0.25, -0.2) is 0 Å². The molecule has 1 N–H and O–H groups in total. The Hall–Kier alpha value is -0.820. The van der Waals surface area contributed by atoms with Gasteiger partial charge in [0.15, 0.2) is 0 Å². The summed E-state index contributed by atoms with van der Waals surface area (Å²) < 4.78 is 0. The molecular formula is C17H25N. The number of fused-ring (bicyclic) bond motifs is 1. The van der Waals surface area contributed by atoms with Crippen LogP contribution in [0.2, 0.25) is 0 Å². The van der Waals surface area contributed by atoms with E-state index in [2.05, 4.69) is 36.5 Å².